The van der Waals surface area contributed by atoms with E-state index in [9.17, 15) is 4.79 Å². The van der Waals surface area contributed by atoms with Crippen LogP contribution in [0.5, 0.6) is 5.75 Å². The Labute approximate surface area is 174 Å². The molecule has 6 nitrogen and oxygen atoms in total. The fourth-order valence-electron chi connectivity index (χ4n) is 4.29. The molecule has 0 bridgehead atoms. The molecule has 1 aromatic heterocycles. The second-order valence-electron chi connectivity index (χ2n) is 8.56. The molecule has 0 atom stereocenters. The van der Waals surface area contributed by atoms with Crippen molar-refractivity contribution < 1.29 is 9.53 Å². The van der Waals surface area contributed by atoms with E-state index in [1.165, 1.54) is 11.4 Å². The van der Waals surface area contributed by atoms with Gasteiger partial charge in [0.2, 0.25) is 0 Å². The summed E-state index contributed by atoms with van der Waals surface area (Å²) in [5.74, 6) is 1.86. The van der Waals surface area contributed by atoms with Crippen molar-refractivity contribution in [1.29, 1.82) is 0 Å². The minimum Gasteiger partial charge on any atom is -0.497 e. The topological polar surface area (TPSA) is 50.6 Å². The summed E-state index contributed by atoms with van der Waals surface area (Å²) in [4.78, 5) is 16.8. The molecule has 0 saturated heterocycles. The van der Waals surface area contributed by atoms with Gasteiger partial charge in [-0.3, -0.25) is 9.48 Å². The minimum absolute atomic E-state index is 0.0593. The molecule has 1 heterocycles. The van der Waals surface area contributed by atoms with Gasteiger partial charge in [0.25, 0.3) is 5.91 Å². The second-order valence-corrected chi connectivity index (χ2v) is 8.56. The van der Waals surface area contributed by atoms with E-state index in [-0.39, 0.29) is 5.91 Å². The zero-order valence-electron chi connectivity index (χ0n) is 18.4. The van der Waals surface area contributed by atoms with Crippen LogP contribution in [0.3, 0.4) is 0 Å². The van der Waals surface area contributed by atoms with Gasteiger partial charge in [-0.2, -0.15) is 5.10 Å². The lowest BCUT2D eigenvalue weighted by Gasteiger charge is -2.30. The van der Waals surface area contributed by atoms with Gasteiger partial charge in [0, 0.05) is 38.7 Å². The Balaban J connectivity index is 1.53. The van der Waals surface area contributed by atoms with Crippen molar-refractivity contribution in [3.63, 3.8) is 0 Å². The number of amides is 1. The Morgan fingerprint density at radius 3 is 2.55 bits per heavy atom. The SMILES string of the molecule is COc1cccc(C(=O)N(C)CC2CCC(c3cc(CN(C)C)n(C)n3)CC2)c1. The first-order chi connectivity index (χ1) is 13.9. The van der Waals surface area contributed by atoms with Gasteiger partial charge in [0.1, 0.15) is 5.75 Å². The van der Waals surface area contributed by atoms with Gasteiger partial charge in [-0.05, 0) is 70.0 Å². The smallest absolute Gasteiger partial charge is 0.253 e. The highest BCUT2D eigenvalue weighted by Gasteiger charge is 2.26. The third-order valence-electron chi connectivity index (χ3n) is 5.93. The van der Waals surface area contributed by atoms with Crippen LogP contribution in [-0.2, 0) is 13.6 Å². The number of carbonyl (C=O) groups is 1. The lowest BCUT2D eigenvalue weighted by atomic mass is 9.80. The molecule has 29 heavy (non-hydrogen) atoms. The van der Waals surface area contributed by atoms with E-state index in [2.05, 4.69) is 25.1 Å². The summed E-state index contributed by atoms with van der Waals surface area (Å²) < 4.78 is 7.25. The molecule has 3 rings (SSSR count). The molecule has 1 aliphatic carbocycles. The van der Waals surface area contributed by atoms with E-state index < -0.39 is 0 Å². The highest BCUT2D eigenvalue weighted by molar-refractivity contribution is 5.94. The molecular weight excluding hydrogens is 364 g/mol. The molecule has 6 heteroatoms. The van der Waals surface area contributed by atoms with Gasteiger partial charge in [-0.15, -0.1) is 0 Å². The normalized spacial score (nSPS) is 19.4. The summed E-state index contributed by atoms with van der Waals surface area (Å²) in [6.45, 7) is 1.72. The Morgan fingerprint density at radius 1 is 1.17 bits per heavy atom. The Hall–Kier alpha value is -2.34. The zero-order chi connectivity index (χ0) is 21.0. The molecule has 158 valence electrons. The van der Waals surface area contributed by atoms with Gasteiger partial charge >= 0.3 is 0 Å². The number of methoxy groups -OCH3 is 1. The number of rotatable bonds is 7. The molecule has 1 aliphatic rings. The van der Waals surface area contributed by atoms with Gasteiger partial charge < -0.3 is 14.5 Å². The Bertz CT molecular complexity index is 822. The third-order valence-corrected chi connectivity index (χ3v) is 5.93. The molecular formula is C23H34N4O2. The molecule has 1 saturated carbocycles. The first kappa shape index (κ1) is 21.4. The lowest BCUT2D eigenvalue weighted by molar-refractivity contribution is 0.0757. The van der Waals surface area contributed by atoms with Crippen LogP contribution in [-0.4, -0.2) is 60.3 Å². The van der Waals surface area contributed by atoms with Crippen LogP contribution in [0.2, 0.25) is 0 Å². The molecule has 1 amide bonds. The highest BCUT2D eigenvalue weighted by atomic mass is 16.5. The number of aryl methyl sites for hydroxylation is 1. The summed E-state index contributed by atoms with van der Waals surface area (Å²) >= 11 is 0. The van der Waals surface area contributed by atoms with Crippen molar-refractivity contribution >= 4 is 5.91 Å². The standard InChI is InChI=1S/C23H34N4O2/c1-25(2)16-20-14-22(24-27(20)4)18-11-9-17(10-12-18)15-26(3)23(28)19-7-6-8-21(13-19)29-5/h6-8,13-14,17-18H,9-12,15-16H2,1-5H3. The van der Waals surface area contributed by atoms with Gasteiger partial charge in [0.15, 0.2) is 0 Å². The van der Waals surface area contributed by atoms with Crippen molar-refractivity contribution in [2.24, 2.45) is 13.0 Å². The predicted octanol–water partition coefficient (Wildman–Crippen LogP) is 3.54. The lowest BCUT2D eigenvalue weighted by Crippen LogP contribution is -2.33. The molecule has 1 fully saturated rings. The van der Waals surface area contributed by atoms with Crippen LogP contribution < -0.4 is 4.74 Å². The molecule has 0 spiro atoms. The maximum absolute atomic E-state index is 12.8. The fourth-order valence-corrected chi connectivity index (χ4v) is 4.29. The third kappa shape index (κ3) is 5.38. The predicted molar refractivity (Wildman–Crippen MR) is 115 cm³/mol. The van der Waals surface area contributed by atoms with E-state index in [0.29, 0.717) is 23.1 Å². The molecule has 0 aliphatic heterocycles. The van der Waals surface area contributed by atoms with Crippen LogP contribution >= 0.6 is 0 Å². The van der Waals surface area contributed by atoms with Crippen molar-refractivity contribution in [1.82, 2.24) is 19.6 Å². The van der Waals surface area contributed by atoms with Crippen LogP contribution in [0, 0.1) is 5.92 Å². The van der Waals surface area contributed by atoms with Gasteiger partial charge in [0.05, 0.1) is 18.5 Å². The second kappa shape index (κ2) is 9.44. The van der Waals surface area contributed by atoms with Crippen molar-refractivity contribution in [3.8, 4) is 5.75 Å². The van der Waals surface area contributed by atoms with Gasteiger partial charge in [-0.25, -0.2) is 0 Å². The van der Waals surface area contributed by atoms with Crippen LogP contribution in [0.4, 0.5) is 0 Å². The molecule has 2 aromatic rings. The quantitative estimate of drug-likeness (QED) is 0.716. The first-order valence-electron chi connectivity index (χ1n) is 10.4. The number of ether oxygens (including phenoxy) is 1. The number of aromatic nitrogens is 2. The number of carbonyl (C=O) groups excluding carboxylic acids is 1. The van der Waals surface area contributed by atoms with E-state index in [1.807, 2.05) is 47.9 Å². The summed E-state index contributed by atoms with van der Waals surface area (Å²) in [7, 11) is 9.73. The maximum Gasteiger partial charge on any atom is 0.253 e. The number of benzene rings is 1. The van der Waals surface area contributed by atoms with Crippen LogP contribution in [0.1, 0.15) is 53.3 Å². The number of nitrogens with zero attached hydrogens (tertiary/aromatic N) is 4. The fraction of sp³-hybridized carbons (Fsp3) is 0.565. The van der Waals surface area contributed by atoms with Crippen molar-refractivity contribution in [3.05, 3.63) is 47.3 Å². The average molecular weight is 399 g/mol. The minimum atomic E-state index is 0.0593. The van der Waals surface area contributed by atoms with E-state index >= 15 is 0 Å². The summed E-state index contributed by atoms with van der Waals surface area (Å²) in [6.07, 6.45) is 4.56. The van der Waals surface area contributed by atoms with E-state index in [0.717, 1.165) is 38.8 Å². The van der Waals surface area contributed by atoms with E-state index in [1.54, 1.807) is 7.11 Å². The van der Waals surface area contributed by atoms with Crippen LogP contribution in [0.15, 0.2) is 30.3 Å². The zero-order valence-corrected chi connectivity index (χ0v) is 18.4. The Morgan fingerprint density at radius 2 is 1.90 bits per heavy atom. The summed E-state index contributed by atoms with van der Waals surface area (Å²) in [5, 5.41) is 4.77. The summed E-state index contributed by atoms with van der Waals surface area (Å²) in [6, 6.07) is 9.65. The van der Waals surface area contributed by atoms with Crippen LogP contribution in [0.25, 0.3) is 0 Å². The molecule has 0 unspecified atom stereocenters. The van der Waals surface area contributed by atoms with Crippen molar-refractivity contribution in [2.75, 3.05) is 34.8 Å². The largest absolute Gasteiger partial charge is 0.497 e. The molecule has 0 radical (unpaired) electrons. The maximum atomic E-state index is 12.8. The number of hydrogen-bond acceptors (Lipinski definition) is 4. The molecule has 0 N–H and O–H groups in total. The molecule has 1 aromatic carbocycles. The van der Waals surface area contributed by atoms with Gasteiger partial charge in [-0.1, -0.05) is 6.07 Å². The van der Waals surface area contributed by atoms with E-state index in [4.69, 9.17) is 9.84 Å². The monoisotopic (exact) mass is 398 g/mol. The number of hydrogen-bond donors (Lipinski definition) is 0. The Kier molecular flexibility index (Phi) is 6.96. The first-order valence-corrected chi connectivity index (χ1v) is 10.4. The highest BCUT2D eigenvalue weighted by Crippen LogP contribution is 2.36. The van der Waals surface area contributed by atoms with Crippen molar-refractivity contribution in [2.45, 2.75) is 38.1 Å². The average Bonchev–Trinajstić information content (AvgIpc) is 3.07. The summed E-state index contributed by atoms with van der Waals surface area (Å²) in [5.41, 5.74) is 3.17.